The molecule has 0 unspecified atom stereocenters. The van der Waals surface area contributed by atoms with E-state index in [2.05, 4.69) is 4.98 Å². The molecule has 0 saturated carbocycles. The Hall–Kier alpha value is -3.84. The lowest BCUT2D eigenvalue weighted by atomic mass is 10.1. The molecule has 168 valence electrons. The summed E-state index contributed by atoms with van der Waals surface area (Å²) in [6, 6.07) is 18.5. The molecule has 0 saturated heterocycles. The maximum absolute atomic E-state index is 12.9. The van der Waals surface area contributed by atoms with Crippen LogP contribution in [-0.2, 0) is 17.8 Å². The summed E-state index contributed by atoms with van der Waals surface area (Å²) in [7, 11) is 1.58. The first-order valence-electron chi connectivity index (χ1n) is 10.8. The molecule has 5 rings (SSSR count). The molecule has 0 radical (unpaired) electrons. The molecular weight excluding hydrogens is 420 g/mol. The molecule has 0 fully saturated rings. The molecule has 1 aliphatic rings. The normalized spacial score (nSPS) is 17.1. The lowest BCUT2D eigenvalue weighted by Gasteiger charge is -2.22. The zero-order chi connectivity index (χ0) is 22.9. The Bertz CT molecular complexity index is 1310. The number of aromatic nitrogens is 2. The first kappa shape index (κ1) is 21.0. The van der Waals surface area contributed by atoms with Crippen molar-refractivity contribution in [1.29, 1.82) is 0 Å². The van der Waals surface area contributed by atoms with Gasteiger partial charge in [0.1, 0.15) is 11.9 Å². The average Bonchev–Trinajstić information content (AvgIpc) is 3.35. The van der Waals surface area contributed by atoms with Gasteiger partial charge in [-0.2, -0.15) is 0 Å². The minimum Gasteiger partial charge on any atom is -0.497 e. The second kappa shape index (κ2) is 8.60. The van der Waals surface area contributed by atoms with Crippen LogP contribution in [0.25, 0.3) is 5.65 Å². The number of carbonyl (C=O) groups is 1. The van der Waals surface area contributed by atoms with Gasteiger partial charge in [0.05, 0.1) is 30.7 Å². The van der Waals surface area contributed by atoms with Crippen LogP contribution in [-0.4, -0.2) is 33.7 Å². The summed E-state index contributed by atoms with van der Waals surface area (Å²) in [6.45, 7) is 1.73. The number of nitrogens with zero attached hydrogens (tertiary/aromatic N) is 2. The molecule has 4 aromatic rings. The monoisotopic (exact) mass is 444 g/mol. The van der Waals surface area contributed by atoms with Crippen LogP contribution in [0.5, 0.6) is 11.5 Å². The number of imidazole rings is 1. The highest BCUT2D eigenvalue weighted by molar-refractivity contribution is 5.89. The Labute approximate surface area is 191 Å². The number of aliphatic hydroxyl groups is 1. The zero-order valence-corrected chi connectivity index (χ0v) is 18.4. The van der Waals surface area contributed by atoms with E-state index >= 15 is 0 Å². The topological polar surface area (TPSA) is 82.3 Å². The summed E-state index contributed by atoms with van der Waals surface area (Å²) < 4.78 is 19.4. The van der Waals surface area contributed by atoms with Gasteiger partial charge in [-0.15, -0.1) is 0 Å². The summed E-state index contributed by atoms with van der Waals surface area (Å²) in [5, 5.41) is 9.73. The minimum atomic E-state index is -0.495. The van der Waals surface area contributed by atoms with Gasteiger partial charge >= 0.3 is 5.97 Å². The van der Waals surface area contributed by atoms with Gasteiger partial charge in [-0.1, -0.05) is 24.3 Å². The molecule has 2 atom stereocenters. The van der Waals surface area contributed by atoms with Crippen molar-refractivity contribution >= 4 is 11.6 Å². The molecule has 2 heterocycles. The van der Waals surface area contributed by atoms with Crippen LogP contribution < -0.4 is 9.47 Å². The van der Waals surface area contributed by atoms with Crippen LogP contribution in [0.15, 0.2) is 66.9 Å². The fourth-order valence-corrected chi connectivity index (χ4v) is 4.32. The Morgan fingerprint density at radius 3 is 2.67 bits per heavy atom. The van der Waals surface area contributed by atoms with Gasteiger partial charge in [-0.05, 0) is 54.4 Å². The fourth-order valence-electron chi connectivity index (χ4n) is 4.32. The van der Waals surface area contributed by atoms with Crippen LogP contribution in [0, 0.1) is 6.92 Å². The van der Waals surface area contributed by atoms with Crippen molar-refractivity contribution in [1.82, 2.24) is 9.38 Å². The van der Waals surface area contributed by atoms with Gasteiger partial charge < -0.3 is 19.3 Å². The molecule has 1 N–H and O–H groups in total. The van der Waals surface area contributed by atoms with Crippen molar-refractivity contribution < 1.29 is 24.1 Å². The summed E-state index contributed by atoms with van der Waals surface area (Å²) in [5.74, 6) is 0.820. The Morgan fingerprint density at radius 1 is 1.12 bits per heavy atom. The number of methoxy groups -OCH3 is 1. The zero-order valence-electron chi connectivity index (χ0n) is 18.4. The molecule has 2 aromatic heterocycles. The smallest absolute Gasteiger partial charge is 0.338 e. The van der Waals surface area contributed by atoms with Crippen molar-refractivity contribution in [3.63, 3.8) is 0 Å². The average molecular weight is 444 g/mol. The van der Waals surface area contributed by atoms with Crippen molar-refractivity contribution in [3.8, 4) is 11.5 Å². The number of benzene rings is 2. The number of ether oxygens (including phenoxy) is 3. The molecule has 1 aliphatic carbocycles. The fraction of sp³-hybridized carbons (Fsp3) is 0.231. The highest BCUT2D eigenvalue weighted by atomic mass is 16.6. The second-order valence-corrected chi connectivity index (χ2v) is 7.98. The van der Waals surface area contributed by atoms with Gasteiger partial charge in [0.25, 0.3) is 0 Å². The molecule has 0 amide bonds. The maximum Gasteiger partial charge on any atom is 0.338 e. The SMILES string of the molecule is COc1ccc(C(=O)O[C@@H]2Cc3ccccc3[C@H]2Oc2cccn3c(CO)c(C)nc23)cc1. The maximum atomic E-state index is 12.9. The number of carbonyl (C=O) groups excluding carboxylic acids is 1. The summed E-state index contributed by atoms with van der Waals surface area (Å²) in [4.78, 5) is 17.5. The minimum absolute atomic E-state index is 0.120. The third-order valence-electron chi connectivity index (χ3n) is 6.02. The van der Waals surface area contributed by atoms with Crippen LogP contribution in [0.2, 0.25) is 0 Å². The molecule has 0 bridgehead atoms. The highest BCUT2D eigenvalue weighted by Crippen LogP contribution is 2.38. The number of aryl methyl sites for hydroxylation is 1. The van der Waals surface area contributed by atoms with E-state index in [4.69, 9.17) is 14.2 Å². The van der Waals surface area contributed by atoms with Crippen molar-refractivity contribution in [3.05, 3.63) is 94.9 Å². The third kappa shape index (κ3) is 3.81. The van der Waals surface area contributed by atoms with Gasteiger partial charge in [0.15, 0.2) is 17.5 Å². The van der Waals surface area contributed by atoms with Gasteiger partial charge in [-0.25, -0.2) is 9.78 Å². The molecule has 33 heavy (non-hydrogen) atoms. The summed E-state index contributed by atoms with van der Waals surface area (Å²) in [5.41, 5.74) is 4.58. The number of fused-ring (bicyclic) bond motifs is 2. The molecule has 7 heteroatoms. The number of hydrogen-bond donors (Lipinski definition) is 1. The molecule has 2 aromatic carbocycles. The van der Waals surface area contributed by atoms with E-state index in [1.807, 2.05) is 53.9 Å². The Kier molecular flexibility index (Phi) is 5.48. The summed E-state index contributed by atoms with van der Waals surface area (Å²) in [6.07, 6.45) is 1.42. The van der Waals surface area contributed by atoms with Crippen LogP contribution >= 0.6 is 0 Å². The first-order chi connectivity index (χ1) is 16.1. The van der Waals surface area contributed by atoms with Crippen LogP contribution in [0.3, 0.4) is 0 Å². The Morgan fingerprint density at radius 2 is 1.91 bits per heavy atom. The highest BCUT2D eigenvalue weighted by Gasteiger charge is 2.37. The van der Waals surface area contributed by atoms with E-state index < -0.39 is 18.2 Å². The number of esters is 1. The molecule has 7 nitrogen and oxygen atoms in total. The largest absolute Gasteiger partial charge is 0.497 e. The number of aliphatic hydroxyl groups excluding tert-OH is 1. The lowest BCUT2D eigenvalue weighted by molar-refractivity contribution is -0.00285. The van der Waals surface area contributed by atoms with E-state index in [1.165, 1.54) is 0 Å². The predicted molar refractivity (Wildman–Crippen MR) is 122 cm³/mol. The van der Waals surface area contributed by atoms with Crippen LogP contribution in [0.1, 0.15) is 39.0 Å². The van der Waals surface area contributed by atoms with Gasteiger partial charge in [0, 0.05) is 12.6 Å². The lowest BCUT2D eigenvalue weighted by Crippen LogP contribution is -2.26. The van der Waals surface area contributed by atoms with E-state index in [0.29, 0.717) is 34.8 Å². The first-order valence-corrected chi connectivity index (χ1v) is 10.8. The standard InChI is InChI=1S/C26H24N2O5/c1-16-21(15-29)28-13-5-8-22(25(28)27-16)32-24-20-7-4-3-6-18(20)14-23(24)33-26(30)17-9-11-19(31-2)12-10-17/h3-13,23-24,29H,14-15H2,1-2H3/t23-,24-/m1/s1. The van der Waals surface area contributed by atoms with Crippen molar-refractivity contribution in [2.24, 2.45) is 0 Å². The van der Waals surface area contributed by atoms with E-state index in [0.717, 1.165) is 16.8 Å². The second-order valence-electron chi connectivity index (χ2n) is 7.98. The van der Waals surface area contributed by atoms with Crippen LogP contribution in [0.4, 0.5) is 0 Å². The predicted octanol–water partition coefficient (Wildman–Crippen LogP) is 4.05. The van der Waals surface area contributed by atoms with Crippen molar-refractivity contribution in [2.45, 2.75) is 32.2 Å². The van der Waals surface area contributed by atoms with E-state index in [1.54, 1.807) is 31.4 Å². The quantitative estimate of drug-likeness (QED) is 0.452. The van der Waals surface area contributed by atoms with Gasteiger partial charge in [-0.3, -0.25) is 4.40 Å². The Balaban J connectivity index is 1.46. The number of rotatable bonds is 6. The molecule has 0 aliphatic heterocycles. The summed E-state index contributed by atoms with van der Waals surface area (Å²) >= 11 is 0. The molecular formula is C26H24N2O5. The van der Waals surface area contributed by atoms with Crippen molar-refractivity contribution in [2.75, 3.05) is 7.11 Å². The van der Waals surface area contributed by atoms with E-state index in [-0.39, 0.29) is 6.61 Å². The third-order valence-corrected chi connectivity index (χ3v) is 6.02. The molecule has 0 spiro atoms. The van der Waals surface area contributed by atoms with E-state index in [9.17, 15) is 9.90 Å². The number of pyridine rings is 1. The van der Waals surface area contributed by atoms with Gasteiger partial charge in [0.2, 0.25) is 0 Å². The number of hydrogen-bond acceptors (Lipinski definition) is 6.